The Morgan fingerprint density at radius 2 is 1.56 bits per heavy atom. The average molecular weight is 244 g/mol. The number of hydrogen-bond acceptors (Lipinski definition) is 2. The summed E-state index contributed by atoms with van der Waals surface area (Å²) in [6.07, 6.45) is 6.41. The number of benzene rings is 1. The molecule has 1 aromatic carbocycles. The fraction of sp³-hybridized carbons (Fsp3) is 0.625. The highest BCUT2D eigenvalue weighted by Gasteiger charge is 2.29. The number of nitrogens with zero attached hydrogens (tertiary/aromatic N) is 1. The van der Waals surface area contributed by atoms with Crippen LogP contribution in [0.2, 0.25) is 0 Å². The standard InChI is InChI=1S/C16H24N2/c1-12-6-5-7-13(2)18(12)17-16-10-14-8-3-4-9-15(14)11-16/h3-4,8-9,12-13,16-17H,5-7,10-11H2,1-2H3. The molecule has 1 heterocycles. The zero-order valence-electron chi connectivity index (χ0n) is 11.5. The maximum Gasteiger partial charge on any atom is 0.0296 e. The minimum atomic E-state index is 0.602. The van der Waals surface area contributed by atoms with Gasteiger partial charge < -0.3 is 0 Å². The van der Waals surface area contributed by atoms with Gasteiger partial charge in [-0.15, -0.1) is 0 Å². The van der Waals surface area contributed by atoms with Crippen molar-refractivity contribution in [1.29, 1.82) is 0 Å². The first-order valence-corrected chi connectivity index (χ1v) is 7.35. The van der Waals surface area contributed by atoms with Crippen molar-refractivity contribution in [3.63, 3.8) is 0 Å². The van der Waals surface area contributed by atoms with Crippen molar-refractivity contribution in [1.82, 2.24) is 10.4 Å². The van der Waals surface area contributed by atoms with E-state index in [9.17, 15) is 0 Å². The largest absolute Gasteiger partial charge is 0.251 e. The molecule has 0 amide bonds. The van der Waals surface area contributed by atoms with Crippen LogP contribution in [-0.2, 0) is 12.8 Å². The van der Waals surface area contributed by atoms with Crippen LogP contribution in [0.25, 0.3) is 0 Å². The van der Waals surface area contributed by atoms with Crippen molar-refractivity contribution in [3.05, 3.63) is 35.4 Å². The normalized spacial score (nSPS) is 29.4. The Kier molecular flexibility index (Phi) is 3.40. The lowest BCUT2D eigenvalue weighted by Crippen LogP contribution is -2.55. The van der Waals surface area contributed by atoms with Gasteiger partial charge in [-0.2, -0.15) is 0 Å². The highest BCUT2D eigenvalue weighted by molar-refractivity contribution is 5.33. The molecule has 0 saturated carbocycles. The SMILES string of the molecule is CC1CCCC(C)N1NC1Cc2ccccc2C1. The first-order valence-electron chi connectivity index (χ1n) is 7.35. The number of hydrogen-bond donors (Lipinski definition) is 1. The highest BCUT2D eigenvalue weighted by atomic mass is 15.5. The van der Waals surface area contributed by atoms with Gasteiger partial charge in [0.25, 0.3) is 0 Å². The minimum Gasteiger partial charge on any atom is -0.251 e. The van der Waals surface area contributed by atoms with Crippen LogP contribution in [0.15, 0.2) is 24.3 Å². The lowest BCUT2D eigenvalue weighted by atomic mass is 9.99. The summed E-state index contributed by atoms with van der Waals surface area (Å²) in [5.41, 5.74) is 6.87. The van der Waals surface area contributed by atoms with Crippen molar-refractivity contribution in [2.75, 3.05) is 0 Å². The monoisotopic (exact) mass is 244 g/mol. The predicted octanol–water partition coefficient (Wildman–Crippen LogP) is 2.92. The van der Waals surface area contributed by atoms with E-state index in [0.29, 0.717) is 18.1 Å². The highest BCUT2D eigenvalue weighted by Crippen LogP contribution is 2.25. The van der Waals surface area contributed by atoms with Gasteiger partial charge in [-0.1, -0.05) is 30.7 Å². The molecule has 1 aromatic rings. The van der Waals surface area contributed by atoms with Crippen molar-refractivity contribution >= 4 is 0 Å². The smallest absolute Gasteiger partial charge is 0.0296 e. The number of nitrogens with one attached hydrogen (secondary N) is 1. The fourth-order valence-corrected chi connectivity index (χ4v) is 3.54. The van der Waals surface area contributed by atoms with Gasteiger partial charge in [0.15, 0.2) is 0 Å². The van der Waals surface area contributed by atoms with E-state index in [-0.39, 0.29) is 0 Å². The van der Waals surface area contributed by atoms with E-state index in [2.05, 4.69) is 48.5 Å². The molecular formula is C16H24N2. The second-order valence-corrected chi connectivity index (χ2v) is 6.04. The van der Waals surface area contributed by atoms with Crippen molar-refractivity contribution < 1.29 is 0 Å². The van der Waals surface area contributed by atoms with Gasteiger partial charge in [0.2, 0.25) is 0 Å². The number of fused-ring (bicyclic) bond motifs is 1. The molecule has 0 spiro atoms. The summed E-state index contributed by atoms with van der Waals surface area (Å²) in [6, 6.07) is 10.8. The summed E-state index contributed by atoms with van der Waals surface area (Å²) in [5.74, 6) is 0. The summed E-state index contributed by atoms with van der Waals surface area (Å²) in [7, 11) is 0. The van der Waals surface area contributed by atoms with Crippen LogP contribution < -0.4 is 5.43 Å². The van der Waals surface area contributed by atoms with Gasteiger partial charge in [0.1, 0.15) is 0 Å². The maximum absolute atomic E-state index is 3.80. The molecule has 2 heteroatoms. The topological polar surface area (TPSA) is 15.3 Å². The lowest BCUT2D eigenvalue weighted by Gasteiger charge is -2.40. The molecule has 18 heavy (non-hydrogen) atoms. The summed E-state index contributed by atoms with van der Waals surface area (Å²) in [4.78, 5) is 0. The van der Waals surface area contributed by atoms with Gasteiger partial charge >= 0.3 is 0 Å². The minimum absolute atomic E-state index is 0.602. The molecule has 1 aliphatic heterocycles. The van der Waals surface area contributed by atoms with Crippen LogP contribution in [0.3, 0.4) is 0 Å². The van der Waals surface area contributed by atoms with Crippen LogP contribution in [0, 0.1) is 0 Å². The molecule has 3 rings (SSSR count). The average Bonchev–Trinajstić information content (AvgIpc) is 2.76. The van der Waals surface area contributed by atoms with Crippen LogP contribution in [0.1, 0.15) is 44.2 Å². The number of hydrazine groups is 1. The molecule has 0 bridgehead atoms. The summed E-state index contributed by atoms with van der Waals surface area (Å²) >= 11 is 0. The zero-order valence-corrected chi connectivity index (χ0v) is 11.5. The predicted molar refractivity (Wildman–Crippen MR) is 75.4 cm³/mol. The van der Waals surface area contributed by atoms with Crippen LogP contribution in [0.4, 0.5) is 0 Å². The first kappa shape index (κ1) is 12.2. The molecule has 1 N–H and O–H groups in total. The molecule has 1 fully saturated rings. The zero-order chi connectivity index (χ0) is 12.5. The molecule has 1 aliphatic carbocycles. The lowest BCUT2D eigenvalue weighted by molar-refractivity contribution is 0.0310. The fourth-order valence-electron chi connectivity index (χ4n) is 3.54. The van der Waals surface area contributed by atoms with E-state index in [4.69, 9.17) is 0 Å². The van der Waals surface area contributed by atoms with Gasteiger partial charge in [-0.3, -0.25) is 5.43 Å². The summed E-state index contributed by atoms with van der Waals surface area (Å²) in [6.45, 7) is 4.70. The Hall–Kier alpha value is -0.860. The van der Waals surface area contributed by atoms with E-state index >= 15 is 0 Å². The van der Waals surface area contributed by atoms with Crippen molar-refractivity contribution in [2.24, 2.45) is 0 Å². The van der Waals surface area contributed by atoms with Crippen molar-refractivity contribution in [3.8, 4) is 0 Å². The quantitative estimate of drug-likeness (QED) is 0.860. The van der Waals surface area contributed by atoms with E-state index in [1.165, 1.54) is 43.2 Å². The molecule has 2 atom stereocenters. The Morgan fingerprint density at radius 1 is 1.00 bits per heavy atom. The molecule has 2 unspecified atom stereocenters. The number of piperidine rings is 1. The second kappa shape index (κ2) is 5.02. The van der Waals surface area contributed by atoms with Gasteiger partial charge in [-0.25, -0.2) is 5.01 Å². The Labute approximate surface area is 110 Å². The third-order valence-corrected chi connectivity index (χ3v) is 4.58. The van der Waals surface area contributed by atoms with E-state index < -0.39 is 0 Å². The maximum atomic E-state index is 3.80. The van der Waals surface area contributed by atoms with Gasteiger partial charge in [0, 0.05) is 18.1 Å². The number of rotatable bonds is 2. The van der Waals surface area contributed by atoms with Gasteiger partial charge in [-0.05, 0) is 50.7 Å². The van der Waals surface area contributed by atoms with E-state index in [0.717, 1.165) is 0 Å². The Bertz CT molecular complexity index is 380. The third-order valence-electron chi connectivity index (χ3n) is 4.58. The first-order chi connectivity index (χ1) is 8.74. The van der Waals surface area contributed by atoms with E-state index in [1.807, 2.05) is 0 Å². The van der Waals surface area contributed by atoms with Crippen LogP contribution in [0.5, 0.6) is 0 Å². The van der Waals surface area contributed by atoms with E-state index in [1.54, 1.807) is 0 Å². The molecule has 1 saturated heterocycles. The molecular weight excluding hydrogens is 220 g/mol. The summed E-state index contributed by atoms with van der Waals surface area (Å²) < 4.78 is 0. The van der Waals surface area contributed by atoms with Crippen LogP contribution >= 0.6 is 0 Å². The molecule has 2 nitrogen and oxygen atoms in total. The Balaban J connectivity index is 1.65. The summed E-state index contributed by atoms with van der Waals surface area (Å²) in [5, 5.41) is 2.51. The molecule has 2 aliphatic rings. The van der Waals surface area contributed by atoms with Gasteiger partial charge in [0.05, 0.1) is 0 Å². The molecule has 98 valence electrons. The molecule has 0 aromatic heterocycles. The molecule has 0 radical (unpaired) electrons. The van der Waals surface area contributed by atoms with Crippen LogP contribution in [-0.4, -0.2) is 23.1 Å². The van der Waals surface area contributed by atoms with Crippen molar-refractivity contribution in [2.45, 2.75) is 64.1 Å². The Morgan fingerprint density at radius 3 is 2.11 bits per heavy atom. The second-order valence-electron chi connectivity index (χ2n) is 6.04. The third kappa shape index (κ3) is 2.32.